The van der Waals surface area contributed by atoms with Crippen molar-refractivity contribution in [2.45, 2.75) is 18.9 Å². The normalized spacial score (nSPS) is 11.5. The van der Waals surface area contributed by atoms with Gasteiger partial charge in [-0.1, -0.05) is 15.9 Å². The number of urea groups is 1. The average Bonchev–Trinajstić information content (AvgIpc) is 2.37. The first-order valence-electron chi connectivity index (χ1n) is 5.76. The molecular weight excluding hydrogens is 412 g/mol. The third-order valence-corrected chi connectivity index (χ3v) is 3.58. The highest BCUT2D eigenvalue weighted by Crippen LogP contribution is 2.26. The largest absolute Gasteiger partial charge is 0.481 e. The fourth-order valence-electron chi connectivity index (χ4n) is 1.43. The predicted molar refractivity (Wildman–Crippen MR) is 82.3 cm³/mol. The zero-order valence-corrected chi connectivity index (χ0v) is 13.8. The molecule has 0 aliphatic heterocycles. The van der Waals surface area contributed by atoms with Crippen LogP contribution in [0.3, 0.4) is 0 Å². The first-order valence-corrected chi connectivity index (χ1v) is 7.35. The molecule has 1 unspecified atom stereocenters. The Balaban J connectivity index is 2.65. The van der Waals surface area contributed by atoms with E-state index in [0.29, 0.717) is 10.2 Å². The molecule has 4 N–H and O–H groups in total. The van der Waals surface area contributed by atoms with Crippen molar-refractivity contribution in [2.75, 3.05) is 5.32 Å². The minimum Gasteiger partial charge on any atom is -0.481 e. The lowest BCUT2D eigenvalue weighted by molar-refractivity contribution is -0.140. The second-order valence-electron chi connectivity index (χ2n) is 4.05. The molecular formula is C12H12Br2N2O5. The molecule has 21 heavy (non-hydrogen) atoms. The van der Waals surface area contributed by atoms with Gasteiger partial charge in [-0.05, 0) is 40.5 Å². The van der Waals surface area contributed by atoms with Gasteiger partial charge in [0, 0.05) is 15.4 Å². The SMILES string of the molecule is O=C(O)CCC(NC(=O)Nc1ccc(Br)cc1Br)C(=O)O. The van der Waals surface area contributed by atoms with Crippen molar-refractivity contribution in [3.05, 3.63) is 27.1 Å². The molecule has 0 aliphatic rings. The quantitative estimate of drug-likeness (QED) is 0.561. The number of hydrogen-bond acceptors (Lipinski definition) is 3. The first-order chi connectivity index (χ1) is 9.79. The molecule has 1 aromatic carbocycles. The number of anilines is 1. The van der Waals surface area contributed by atoms with Gasteiger partial charge in [0.05, 0.1) is 5.69 Å². The molecule has 0 aromatic heterocycles. The Hall–Kier alpha value is -1.61. The Morgan fingerprint density at radius 1 is 1.19 bits per heavy atom. The number of halogens is 2. The van der Waals surface area contributed by atoms with Crippen LogP contribution in [0.25, 0.3) is 0 Å². The highest BCUT2D eigenvalue weighted by molar-refractivity contribution is 9.11. The van der Waals surface area contributed by atoms with E-state index in [1.165, 1.54) is 0 Å². The molecule has 0 aliphatic carbocycles. The molecule has 7 nitrogen and oxygen atoms in total. The number of benzene rings is 1. The fourth-order valence-corrected chi connectivity index (χ4v) is 2.58. The summed E-state index contributed by atoms with van der Waals surface area (Å²) in [5, 5.41) is 22.2. The summed E-state index contributed by atoms with van der Waals surface area (Å²) in [6.07, 6.45) is -0.543. The van der Waals surface area contributed by atoms with Crippen LogP contribution < -0.4 is 10.6 Å². The van der Waals surface area contributed by atoms with Gasteiger partial charge in [0.25, 0.3) is 0 Å². The van der Waals surface area contributed by atoms with Crippen LogP contribution in [0, 0.1) is 0 Å². The summed E-state index contributed by atoms with van der Waals surface area (Å²) >= 11 is 6.52. The highest BCUT2D eigenvalue weighted by atomic mass is 79.9. The van der Waals surface area contributed by atoms with Gasteiger partial charge in [-0.15, -0.1) is 0 Å². The van der Waals surface area contributed by atoms with Crippen LogP contribution in [-0.4, -0.2) is 34.2 Å². The lowest BCUT2D eigenvalue weighted by atomic mass is 10.1. The van der Waals surface area contributed by atoms with E-state index in [0.717, 1.165) is 4.47 Å². The average molecular weight is 424 g/mol. The Bertz CT molecular complexity index is 565. The van der Waals surface area contributed by atoms with Crippen molar-refractivity contribution in [1.82, 2.24) is 5.32 Å². The number of carboxylic acids is 2. The van der Waals surface area contributed by atoms with Crippen LogP contribution in [0.1, 0.15) is 12.8 Å². The minimum atomic E-state index is -1.29. The smallest absolute Gasteiger partial charge is 0.326 e. The van der Waals surface area contributed by atoms with Crippen LogP contribution >= 0.6 is 31.9 Å². The second-order valence-corrected chi connectivity index (χ2v) is 5.82. The van der Waals surface area contributed by atoms with E-state index in [1.54, 1.807) is 18.2 Å². The summed E-state index contributed by atoms with van der Waals surface area (Å²) < 4.78 is 1.43. The zero-order chi connectivity index (χ0) is 16.0. The van der Waals surface area contributed by atoms with E-state index in [2.05, 4.69) is 42.5 Å². The van der Waals surface area contributed by atoms with Gasteiger partial charge < -0.3 is 20.8 Å². The summed E-state index contributed by atoms with van der Waals surface area (Å²) in [5.74, 6) is -2.42. The lowest BCUT2D eigenvalue weighted by Gasteiger charge is -2.15. The third kappa shape index (κ3) is 6.13. The van der Waals surface area contributed by atoms with Crippen molar-refractivity contribution in [3.8, 4) is 0 Å². The summed E-state index contributed by atoms with van der Waals surface area (Å²) in [5.41, 5.74) is 0.457. The maximum absolute atomic E-state index is 11.7. The number of nitrogens with one attached hydrogen (secondary N) is 2. The molecule has 1 aromatic rings. The van der Waals surface area contributed by atoms with Crippen molar-refractivity contribution in [1.29, 1.82) is 0 Å². The number of hydrogen-bond donors (Lipinski definition) is 4. The number of carbonyl (C=O) groups excluding carboxylic acids is 1. The standard InChI is InChI=1S/C12H12Br2N2O5/c13-6-1-2-8(7(14)5-6)15-12(21)16-9(11(19)20)3-4-10(17)18/h1-2,5,9H,3-4H2,(H,17,18)(H,19,20)(H2,15,16,21). The van der Waals surface area contributed by atoms with E-state index in [9.17, 15) is 14.4 Å². The molecule has 1 atom stereocenters. The van der Waals surface area contributed by atoms with Crippen molar-refractivity contribution < 1.29 is 24.6 Å². The Morgan fingerprint density at radius 2 is 1.86 bits per heavy atom. The van der Waals surface area contributed by atoms with Crippen molar-refractivity contribution >= 4 is 55.5 Å². The lowest BCUT2D eigenvalue weighted by Crippen LogP contribution is -2.43. The Labute approximate surface area is 137 Å². The molecule has 0 bridgehead atoms. The van der Waals surface area contributed by atoms with Gasteiger partial charge in [0.15, 0.2) is 0 Å². The summed E-state index contributed by atoms with van der Waals surface area (Å²) in [4.78, 5) is 33.2. The van der Waals surface area contributed by atoms with Crippen molar-refractivity contribution in [3.63, 3.8) is 0 Å². The van der Waals surface area contributed by atoms with Crippen LogP contribution in [0.2, 0.25) is 0 Å². The minimum absolute atomic E-state index is 0.195. The Morgan fingerprint density at radius 3 is 2.38 bits per heavy atom. The van der Waals surface area contributed by atoms with E-state index in [4.69, 9.17) is 10.2 Å². The second kappa shape index (κ2) is 7.99. The highest BCUT2D eigenvalue weighted by Gasteiger charge is 2.21. The number of amides is 2. The zero-order valence-electron chi connectivity index (χ0n) is 10.6. The molecule has 114 valence electrons. The topological polar surface area (TPSA) is 116 Å². The molecule has 0 heterocycles. The summed E-state index contributed by atoms with van der Waals surface area (Å²) in [6.45, 7) is 0. The molecule has 0 radical (unpaired) electrons. The van der Waals surface area contributed by atoms with Gasteiger partial charge >= 0.3 is 18.0 Å². The predicted octanol–water partition coefficient (Wildman–Crippen LogP) is 2.65. The van der Waals surface area contributed by atoms with E-state index in [-0.39, 0.29) is 12.8 Å². The van der Waals surface area contributed by atoms with Crippen molar-refractivity contribution in [2.24, 2.45) is 0 Å². The van der Waals surface area contributed by atoms with Gasteiger partial charge in [-0.3, -0.25) is 4.79 Å². The van der Waals surface area contributed by atoms with Gasteiger partial charge in [0.1, 0.15) is 6.04 Å². The number of carbonyl (C=O) groups is 3. The van der Waals surface area contributed by atoms with Gasteiger partial charge in [-0.2, -0.15) is 0 Å². The van der Waals surface area contributed by atoms with Crippen LogP contribution in [0.5, 0.6) is 0 Å². The molecule has 0 fully saturated rings. The van der Waals surface area contributed by atoms with E-state index >= 15 is 0 Å². The fraction of sp³-hybridized carbons (Fsp3) is 0.250. The van der Waals surface area contributed by atoms with Gasteiger partial charge in [0.2, 0.25) is 0 Å². The van der Waals surface area contributed by atoms with E-state index in [1.807, 2.05) is 0 Å². The molecule has 0 saturated carbocycles. The molecule has 9 heteroatoms. The van der Waals surface area contributed by atoms with Crippen LogP contribution in [0.4, 0.5) is 10.5 Å². The molecule has 1 rings (SSSR count). The van der Waals surface area contributed by atoms with Crippen LogP contribution in [-0.2, 0) is 9.59 Å². The maximum Gasteiger partial charge on any atom is 0.326 e. The number of carboxylic acid groups (broad SMARTS) is 2. The molecule has 0 spiro atoms. The molecule has 0 saturated heterocycles. The number of rotatable bonds is 6. The number of aliphatic carboxylic acids is 2. The Kier molecular flexibility index (Phi) is 6.63. The summed E-state index contributed by atoms with van der Waals surface area (Å²) in [7, 11) is 0. The van der Waals surface area contributed by atoms with Gasteiger partial charge in [-0.25, -0.2) is 9.59 Å². The molecule has 2 amide bonds. The first kappa shape index (κ1) is 17.4. The maximum atomic E-state index is 11.7. The third-order valence-electron chi connectivity index (χ3n) is 2.43. The van der Waals surface area contributed by atoms with Crippen LogP contribution in [0.15, 0.2) is 27.1 Å². The monoisotopic (exact) mass is 422 g/mol. The summed E-state index contributed by atoms with van der Waals surface area (Å²) in [6, 6.07) is 3.06. The van der Waals surface area contributed by atoms with E-state index < -0.39 is 24.0 Å².